The van der Waals surface area contributed by atoms with Gasteiger partial charge >= 0.3 is 15.5 Å². The molecule has 6 nitrogen and oxygen atoms in total. The molecule has 0 saturated carbocycles. The van der Waals surface area contributed by atoms with Crippen molar-refractivity contribution in [1.82, 2.24) is 19.1 Å². The zero-order valence-electron chi connectivity index (χ0n) is 22.7. The lowest BCUT2D eigenvalue weighted by Gasteiger charge is -2.31. The van der Waals surface area contributed by atoms with E-state index >= 15 is 0 Å². The molecule has 0 amide bonds. The van der Waals surface area contributed by atoms with Crippen LogP contribution in [0.5, 0.6) is 0 Å². The van der Waals surface area contributed by atoms with Crippen molar-refractivity contribution < 1.29 is 21.6 Å². The Labute approximate surface area is 260 Å². The summed E-state index contributed by atoms with van der Waals surface area (Å²) < 4.78 is 66.0. The second kappa shape index (κ2) is 11.5. The van der Waals surface area contributed by atoms with E-state index in [1.54, 1.807) is 10.9 Å². The van der Waals surface area contributed by atoms with Crippen LogP contribution >= 0.6 is 34.5 Å². The van der Waals surface area contributed by atoms with Crippen LogP contribution in [-0.2, 0) is 10.0 Å². The summed E-state index contributed by atoms with van der Waals surface area (Å²) in [4.78, 5) is 5.52. The van der Waals surface area contributed by atoms with E-state index in [0.717, 1.165) is 32.5 Å². The Morgan fingerprint density at radius 3 is 1.98 bits per heavy atom. The molecule has 1 saturated heterocycles. The van der Waals surface area contributed by atoms with Crippen molar-refractivity contribution in [3.8, 4) is 5.13 Å². The van der Waals surface area contributed by atoms with E-state index < -0.39 is 15.5 Å². The first kappa shape index (κ1) is 30.1. The minimum absolute atomic E-state index is 0.170. The predicted octanol–water partition coefficient (Wildman–Crippen LogP) is 8.31. The fourth-order valence-corrected chi connectivity index (χ4v) is 7.59. The van der Waals surface area contributed by atoms with Crippen molar-refractivity contribution in [3.05, 3.63) is 110 Å². The number of aromatic nitrogens is 3. The van der Waals surface area contributed by atoms with Gasteiger partial charge < -0.3 is 0 Å². The second-order valence-corrected chi connectivity index (χ2v) is 14.5. The molecule has 0 spiro atoms. The molecule has 0 aliphatic carbocycles. The number of thiazole rings is 1. The van der Waals surface area contributed by atoms with Crippen LogP contribution in [0.3, 0.4) is 0 Å². The monoisotopic (exact) mass is 664 g/mol. The Balaban J connectivity index is 1.46. The average molecular weight is 666 g/mol. The van der Waals surface area contributed by atoms with Crippen LogP contribution < -0.4 is 0 Å². The number of alkyl halides is 3. The van der Waals surface area contributed by atoms with Crippen LogP contribution in [0, 0.1) is 6.92 Å². The summed E-state index contributed by atoms with van der Waals surface area (Å²) in [5.41, 5.74) is -0.804. The smallest absolute Gasteiger partial charge is 0.227 e. The first-order chi connectivity index (χ1) is 20.4. The lowest BCUT2D eigenvalue weighted by molar-refractivity contribution is -0.0494. The number of aryl methyl sites for hydroxylation is 1. The van der Waals surface area contributed by atoms with Crippen molar-refractivity contribution in [2.24, 2.45) is 0 Å². The van der Waals surface area contributed by atoms with Crippen LogP contribution in [0.1, 0.15) is 51.9 Å². The van der Waals surface area contributed by atoms with Gasteiger partial charge in [0, 0.05) is 51.4 Å². The third-order valence-corrected chi connectivity index (χ3v) is 10.8. The van der Waals surface area contributed by atoms with E-state index in [1.165, 1.54) is 11.3 Å². The van der Waals surface area contributed by atoms with Crippen molar-refractivity contribution in [2.45, 2.75) is 37.1 Å². The molecule has 0 atom stereocenters. The maximum atomic E-state index is 13.2. The third-order valence-electron chi connectivity index (χ3n) is 7.74. The van der Waals surface area contributed by atoms with Crippen LogP contribution in [0.15, 0.2) is 72.9 Å². The third kappa shape index (κ3) is 5.81. The van der Waals surface area contributed by atoms with Gasteiger partial charge in [-0.1, -0.05) is 53.5 Å². The lowest BCUT2D eigenvalue weighted by atomic mass is 9.84. The van der Waals surface area contributed by atoms with Crippen molar-refractivity contribution in [1.29, 1.82) is 0 Å². The fourth-order valence-electron chi connectivity index (χ4n) is 5.63. The van der Waals surface area contributed by atoms with E-state index in [4.69, 9.17) is 28.3 Å². The Kier molecular flexibility index (Phi) is 8.06. The highest BCUT2D eigenvalue weighted by Crippen LogP contribution is 2.40. The first-order valence-electron chi connectivity index (χ1n) is 13.4. The molecule has 43 heavy (non-hydrogen) atoms. The Morgan fingerprint density at radius 1 is 0.907 bits per heavy atom. The number of fused-ring (bicyclic) bond motifs is 1. The van der Waals surface area contributed by atoms with Crippen molar-refractivity contribution in [3.63, 3.8) is 0 Å². The van der Waals surface area contributed by atoms with Gasteiger partial charge in [0.2, 0.25) is 5.13 Å². The number of nitrogens with zero attached hydrogens (tertiary/aromatic N) is 4. The number of sulfonamides is 1. The van der Waals surface area contributed by atoms with Gasteiger partial charge in [0.15, 0.2) is 0 Å². The normalized spacial score (nSPS) is 15.5. The van der Waals surface area contributed by atoms with Crippen molar-refractivity contribution in [2.75, 3.05) is 13.1 Å². The molecule has 0 radical (unpaired) electrons. The summed E-state index contributed by atoms with van der Waals surface area (Å²) in [6.07, 6.45) is 2.18. The molecule has 3 aromatic carbocycles. The number of hydrogen-bond donors (Lipinski definition) is 0. The average Bonchev–Trinajstić information content (AvgIpc) is 3.58. The van der Waals surface area contributed by atoms with Gasteiger partial charge in [-0.05, 0) is 72.9 Å². The highest BCUT2D eigenvalue weighted by atomic mass is 35.5. The quantitative estimate of drug-likeness (QED) is 0.171. The van der Waals surface area contributed by atoms with Gasteiger partial charge in [-0.15, -0.1) is 11.3 Å². The predicted molar refractivity (Wildman–Crippen MR) is 164 cm³/mol. The number of rotatable bonds is 6. The summed E-state index contributed by atoms with van der Waals surface area (Å²) in [7, 11) is -5.39. The van der Waals surface area contributed by atoms with Crippen LogP contribution in [0.2, 0.25) is 10.0 Å². The zero-order valence-corrected chi connectivity index (χ0v) is 25.9. The lowest BCUT2D eigenvalue weighted by Crippen LogP contribution is -2.44. The maximum Gasteiger partial charge on any atom is 0.511 e. The topological polar surface area (TPSA) is 68.1 Å². The van der Waals surface area contributed by atoms with Gasteiger partial charge in [-0.25, -0.2) is 18.1 Å². The summed E-state index contributed by atoms with van der Waals surface area (Å²) in [6, 6.07) is 21.4. The summed E-state index contributed by atoms with van der Waals surface area (Å²) in [5.74, 6) is -0.416. The van der Waals surface area contributed by atoms with E-state index in [-0.39, 0.29) is 37.8 Å². The summed E-state index contributed by atoms with van der Waals surface area (Å²) in [6.45, 7) is 1.47. The molecule has 1 fully saturated rings. The standard InChI is InChI=1S/C30H25Cl2F3N4O2S2/c1-18-17-36-29(42-18)39-26-11-6-22(27(19-2-7-23(31)8-3-19)20-4-9-24(32)10-5-20)16-25(26)28(37-39)21-12-14-38(15-13-21)43(40,41)30(33,34)35/h2-11,16-17,21,27H,12-15H2,1H3. The first-order valence-corrected chi connectivity index (χ1v) is 16.5. The molecule has 0 N–H and O–H groups in total. The zero-order chi connectivity index (χ0) is 30.5. The van der Waals surface area contributed by atoms with E-state index in [0.29, 0.717) is 25.2 Å². The molecular formula is C30H25Cl2F3N4O2S2. The SMILES string of the molecule is Cc1cnc(-n2nc(C3CCN(S(=O)(=O)C(F)(F)F)CC3)c3cc(C(c4ccc(Cl)cc4)c4ccc(Cl)cc4)ccc32)s1. The highest BCUT2D eigenvalue weighted by Gasteiger charge is 2.50. The van der Waals surface area contributed by atoms with Crippen LogP contribution in [-0.4, -0.2) is 46.1 Å². The molecule has 224 valence electrons. The van der Waals surface area contributed by atoms with Gasteiger partial charge in [0.25, 0.3) is 0 Å². The molecule has 5 aromatic rings. The number of benzene rings is 3. The molecule has 0 bridgehead atoms. The number of piperidine rings is 1. The van der Waals surface area contributed by atoms with Gasteiger partial charge in [-0.2, -0.15) is 22.6 Å². The van der Waals surface area contributed by atoms with Gasteiger partial charge in [-0.3, -0.25) is 0 Å². The maximum absolute atomic E-state index is 13.2. The summed E-state index contributed by atoms with van der Waals surface area (Å²) in [5, 5.41) is 7.70. The Morgan fingerprint density at radius 2 is 1.47 bits per heavy atom. The molecule has 3 heterocycles. The molecule has 1 aliphatic rings. The van der Waals surface area contributed by atoms with E-state index in [2.05, 4.69) is 11.1 Å². The summed E-state index contributed by atoms with van der Waals surface area (Å²) >= 11 is 13.9. The fraction of sp³-hybridized carbons (Fsp3) is 0.267. The second-order valence-electron chi connectivity index (χ2n) is 10.5. The van der Waals surface area contributed by atoms with Crippen LogP contribution in [0.4, 0.5) is 13.2 Å². The number of halogens is 5. The molecular weight excluding hydrogens is 640 g/mol. The minimum Gasteiger partial charge on any atom is -0.227 e. The minimum atomic E-state index is -5.39. The number of hydrogen-bond acceptors (Lipinski definition) is 5. The van der Waals surface area contributed by atoms with Gasteiger partial charge in [0.05, 0.1) is 11.2 Å². The Hall–Kier alpha value is -2.96. The van der Waals surface area contributed by atoms with E-state index in [1.807, 2.05) is 67.6 Å². The molecule has 13 heteroatoms. The molecule has 2 aromatic heterocycles. The van der Waals surface area contributed by atoms with Crippen molar-refractivity contribution >= 4 is 55.5 Å². The largest absolute Gasteiger partial charge is 0.511 e. The molecule has 1 aliphatic heterocycles. The van der Waals surface area contributed by atoms with E-state index in [9.17, 15) is 21.6 Å². The Bertz CT molecular complexity index is 1840. The van der Waals surface area contributed by atoms with Crippen LogP contribution in [0.25, 0.3) is 16.0 Å². The molecule has 6 rings (SSSR count). The van der Waals surface area contributed by atoms with Gasteiger partial charge in [0.1, 0.15) is 0 Å². The molecule has 0 unspecified atom stereocenters. The highest BCUT2D eigenvalue weighted by molar-refractivity contribution is 7.90.